The minimum Gasteiger partial charge on any atom is -0.347 e. The van der Waals surface area contributed by atoms with Crippen LogP contribution in [0.5, 0.6) is 0 Å². The molecule has 0 saturated heterocycles. The van der Waals surface area contributed by atoms with E-state index in [1.165, 1.54) is 11.1 Å². The molecule has 0 saturated carbocycles. The molecule has 2 heterocycles. The Morgan fingerprint density at radius 3 is 2.55 bits per heavy atom. The second-order valence-corrected chi connectivity index (χ2v) is 8.34. The van der Waals surface area contributed by atoms with Crippen LogP contribution >= 0.6 is 12.4 Å². The molecule has 1 aromatic heterocycles. The van der Waals surface area contributed by atoms with E-state index in [1.54, 1.807) is 4.68 Å². The van der Waals surface area contributed by atoms with Gasteiger partial charge in [-0.15, -0.1) is 17.5 Å². The molecule has 1 aliphatic heterocycles. The summed E-state index contributed by atoms with van der Waals surface area (Å²) < 4.78 is 1.80. The van der Waals surface area contributed by atoms with E-state index >= 15 is 0 Å². The molecule has 2 N–H and O–H groups in total. The van der Waals surface area contributed by atoms with Gasteiger partial charge in [-0.3, -0.25) is 4.79 Å². The molecule has 0 fully saturated rings. The summed E-state index contributed by atoms with van der Waals surface area (Å²) in [7, 11) is 0. The molecule has 0 unspecified atom stereocenters. The van der Waals surface area contributed by atoms with Gasteiger partial charge in [0.05, 0.1) is 11.4 Å². The van der Waals surface area contributed by atoms with Crippen molar-refractivity contribution in [2.24, 2.45) is 0 Å². The maximum absolute atomic E-state index is 12.7. The van der Waals surface area contributed by atoms with E-state index < -0.39 is 0 Å². The van der Waals surface area contributed by atoms with Crippen LogP contribution in [0.1, 0.15) is 62.3 Å². The van der Waals surface area contributed by atoms with E-state index in [0.29, 0.717) is 12.2 Å². The van der Waals surface area contributed by atoms with Crippen LogP contribution in [0.2, 0.25) is 0 Å². The number of carbonyl (C=O) groups excluding carboxylic acids is 1. The first-order valence-corrected chi connectivity index (χ1v) is 10.1. The Bertz CT molecular complexity index is 849. The van der Waals surface area contributed by atoms with E-state index in [4.69, 9.17) is 0 Å². The summed E-state index contributed by atoms with van der Waals surface area (Å²) in [5.74, 6) is -0.152. The highest BCUT2D eigenvalue weighted by molar-refractivity contribution is 5.93. The molecular formula is C22H32ClN5O. The first kappa shape index (κ1) is 23.1. The minimum atomic E-state index is -0.152. The van der Waals surface area contributed by atoms with Crippen molar-refractivity contribution in [3.8, 4) is 5.69 Å². The monoisotopic (exact) mass is 417 g/mol. The Balaban J connectivity index is 0.00000300. The first-order chi connectivity index (χ1) is 13.4. The van der Waals surface area contributed by atoms with Crippen LogP contribution in [0.25, 0.3) is 5.69 Å². The third-order valence-corrected chi connectivity index (χ3v) is 5.08. The van der Waals surface area contributed by atoms with Crippen LogP contribution < -0.4 is 10.6 Å². The molecule has 0 spiro atoms. The number of hydrogen-bond acceptors (Lipinski definition) is 4. The van der Waals surface area contributed by atoms with Crippen molar-refractivity contribution >= 4 is 18.3 Å². The van der Waals surface area contributed by atoms with Gasteiger partial charge in [-0.25, -0.2) is 4.68 Å². The number of nitrogens with zero attached hydrogens (tertiary/aromatic N) is 3. The third-order valence-electron chi connectivity index (χ3n) is 5.08. The Morgan fingerprint density at radius 2 is 1.97 bits per heavy atom. The van der Waals surface area contributed by atoms with Gasteiger partial charge in [-0.2, -0.15) is 0 Å². The van der Waals surface area contributed by atoms with Crippen LogP contribution in [0.3, 0.4) is 0 Å². The Morgan fingerprint density at radius 1 is 1.24 bits per heavy atom. The van der Waals surface area contributed by atoms with Gasteiger partial charge in [-0.1, -0.05) is 63.1 Å². The molecule has 0 aliphatic carbocycles. The highest BCUT2D eigenvalue weighted by atomic mass is 35.5. The number of benzene rings is 1. The average Bonchev–Trinajstić information content (AvgIpc) is 3.10. The van der Waals surface area contributed by atoms with Crippen molar-refractivity contribution in [2.45, 2.75) is 52.4 Å². The van der Waals surface area contributed by atoms with Crippen LogP contribution in [0.15, 0.2) is 35.9 Å². The van der Waals surface area contributed by atoms with Crippen molar-refractivity contribution in [3.05, 3.63) is 52.9 Å². The van der Waals surface area contributed by atoms with E-state index in [-0.39, 0.29) is 23.7 Å². The molecular weight excluding hydrogens is 386 g/mol. The van der Waals surface area contributed by atoms with Gasteiger partial charge in [0.25, 0.3) is 5.91 Å². The fourth-order valence-electron chi connectivity index (χ4n) is 3.36. The van der Waals surface area contributed by atoms with Crippen LogP contribution in [0, 0.1) is 0 Å². The second kappa shape index (κ2) is 10.0. The summed E-state index contributed by atoms with van der Waals surface area (Å²) in [5, 5.41) is 14.8. The van der Waals surface area contributed by atoms with Crippen LogP contribution in [-0.2, 0) is 11.8 Å². The zero-order valence-corrected chi connectivity index (χ0v) is 18.6. The smallest absolute Gasteiger partial charge is 0.274 e. The van der Waals surface area contributed by atoms with Gasteiger partial charge >= 0.3 is 0 Å². The molecule has 0 radical (unpaired) electrons. The molecule has 7 heteroatoms. The topological polar surface area (TPSA) is 71.8 Å². The molecule has 3 rings (SSSR count). The fourth-order valence-corrected chi connectivity index (χ4v) is 3.36. The summed E-state index contributed by atoms with van der Waals surface area (Å²) in [6.45, 7) is 11.1. The van der Waals surface area contributed by atoms with E-state index in [9.17, 15) is 4.79 Å². The van der Waals surface area contributed by atoms with E-state index in [1.807, 2.05) is 0 Å². The summed E-state index contributed by atoms with van der Waals surface area (Å²) in [4.78, 5) is 12.7. The number of rotatable bonds is 6. The molecule has 1 amide bonds. The molecule has 29 heavy (non-hydrogen) atoms. The SMILES string of the molecule is CCCc1c(C(=O)NCC2=CCNCC2)nnn1-c1ccc(C(C)(C)C)cc1.Cl. The lowest BCUT2D eigenvalue weighted by atomic mass is 9.87. The maximum atomic E-state index is 12.7. The second-order valence-electron chi connectivity index (χ2n) is 8.34. The number of nitrogens with one attached hydrogen (secondary N) is 2. The largest absolute Gasteiger partial charge is 0.347 e. The van der Waals surface area contributed by atoms with Crippen molar-refractivity contribution in [2.75, 3.05) is 19.6 Å². The molecule has 2 aromatic rings. The van der Waals surface area contributed by atoms with Crippen molar-refractivity contribution < 1.29 is 4.79 Å². The molecule has 1 aromatic carbocycles. The summed E-state index contributed by atoms with van der Waals surface area (Å²) >= 11 is 0. The zero-order chi connectivity index (χ0) is 20.1. The number of aromatic nitrogens is 3. The zero-order valence-electron chi connectivity index (χ0n) is 17.8. The Hall–Kier alpha value is -2.18. The summed E-state index contributed by atoms with van der Waals surface area (Å²) in [5.41, 5.74) is 4.85. The number of halogens is 1. The lowest BCUT2D eigenvalue weighted by molar-refractivity contribution is 0.0950. The molecule has 0 bridgehead atoms. The number of amides is 1. The Kier molecular flexibility index (Phi) is 7.99. The van der Waals surface area contributed by atoms with Crippen molar-refractivity contribution in [3.63, 3.8) is 0 Å². The quantitative estimate of drug-likeness (QED) is 0.704. The van der Waals surface area contributed by atoms with Crippen LogP contribution in [0.4, 0.5) is 0 Å². The van der Waals surface area contributed by atoms with Gasteiger partial charge in [0.1, 0.15) is 0 Å². The summed E-state index contributed by atoms with van der Waals surface area (Å²) in [6.07, 6.45) is 4.78. The van der Waals surface area contributed by atoms with Gasteiger partial charge in [0, 0.05) is 13.1 Å². The lowest BCUT2D eigenvalue weighted by Gasteiger charge is -2.19. The van der Waals surface area contributed by atoms with Crippen molar-refractivity contribution in [1.82, 2.24) is 25.6 Å². The molecule has 158 valence electrons. The highest BCUT2D eigenvalue weighted by Crippen LogP contribution is 2.24. The lowest BCUT2D eigenvalue weighted by Crippen LogP contribution is -2.30. The van der Waals surface area contributed by atoms with Crippen LogP contribution in [-0.4, -0.2) is 40.5 Å². The van der Waals surface area contributed by atoms with Crippen molar-refractivity contribution in [1.29, 1.82) is 0 Å². The molecule has 6 nitrogen and oxygen atoms in total. The average molecular weight is 418 g/mol. The van der Waals surface area contributed by atoms with Gasteiger partial charge < -0.3 is 10.6 Å². The predicted octanol–water partition coefficient (Wildman–Crippen LogP) is 3.59. The molecule has 1 aliphatic rings. The standard InChI is InChI=1S/C22H31N5O.ClH/c1-5-6-19-20(21(28)24-15-16-11-13-23-14-12-16)25-26-27(19)18-9-7-17(8-10-18)22(2,3)4;/h7-11,23H,5-6,12-15H2,1-4H3,(H,24,28);1H. The predicted molar refractivity (Wildman–Crippen MR) is 119 cm³/mol. The van der Waals surface area contributed by atoms with Gasteiger partial charge in [0.2, 0.25) is 0 Å². The number of hydrogen-bond donors (Lipinski definition) is 2. The third kappa shape index (κ3) is 5.67. The Labute approximate surface area is 179 Å². The first-order valence-electron chi connectivity index (χ1n) is 10.1. The number of carbonyl (C=O) groups is 1. The fraction of sp³-hybridized carbons (Fsp3) is 0.500. The van der Waals surface area contributed by atoms with Gasteiger partial charge in [-0.05, 0) is 42.5 Å². The maximum Gasteiger partial charge on any atom is 0.274 e. The van der Waals surface area contributed by atoms with E-state index in [2.05, 4.69) is 79.0 Å². The van der Waals surface area contributed by atoms with E-state index in [0.717, 1.165) is 43.7 Å². The normalized spacial score (nSPS) is 14.1. The summed E-state index contributed by atoms with van der Waals surface area (Å²) in [6, 6.07) is 8.35. The minimum absolute atomic E-state index is 0. The highest BCUT2D eigenvalue weighted by Gasteiger charge is 2.21. The molecule has 0 atom stereocenters. The van der Waals surface area contributed by atoms with Gasteiger partial charge in [0.15, 0.2) is 5.69 Å².